The zero-order chi connectivity index (χ0) is 17.2. The van der Waals surface area contributed by atoms with Gasteiger partial charge in [-0.3, -0.25) is 4.79 Å². The summed E-state index contributed by atoms with van der Waals surface area (Å²) in [6, 6.07) is 2.57. The predicted molar refractivity (Wildman–Crippen MR) is 106 cm³/mol. The zero-order valence-electron chi connectivity index (χ0n) is 15.1. The first-order valence-electron chi connectivity index (χ1n) is 10.0. The van der Waals surface area contributed by atoms with E-state index >= 15 is 0 Å². The maximum atomic E-state index is 13.4. The largest absolute Gasteiger partial charge is 0.335 e. The van der Waals surface area contributed by atoms with Gasteiger partial charge in [-0.05, 0) is 85.6 Å². The molecular formula is C21H28BrNOS. The van der Waals surface area contributed by atoms with Gasteiger partial charge in [-0.1, -0.05) is 22.9 Å². The SMILES string of the molecule is CC[C@H]1c2ccsc2CCN1C(=O)CC12C[C@H]3C[C@@H](CC(Br)(C3)C1)C2. The van der Waals surface area contributed by atoms with Crippen LogP contribution in [-0.4, -0.2) is 21.7 Å². The fourth-order valence-electron chi connectivity index (χ4n) is 7.10. The highest BCUT2D eigenvalue weighted by molar-refractivity contribution is 9.10. The quantitative estimate of drug-likeness (QED) is 0.572. The molecule has 4 heteroatoms. The molecule has 0 N–H and O–H groups in total. The van der Waals surface area contributed by atoms with Crippen molar-refractivity contribution in [2.75, 3.05) is 6.54 Å². The van der Waals surface area contributed by atoms with Gasteiger partial charge in [0, 0.05) is 22.2 Å². The van der Waals surface area contributed by atoms with Crippen LogP contribution in [-0.2, 0) is 11.2 Å². The Morgan fingerprint density at radius 2 is 2.08 bits per heavy atom. The third kappa shape index (κ3) is 2.74. The molecule has 5 aliphatic rings. The summed E-state index contributed by atoms with van der Waals surface area (Å²) in [5.41, 5.74) is 1.72. The Kier molecular flexibility index (Phi) is 3.91. The lowest BCUT2D eigenvalue weighted by atomic mass is 9.48. The van der Waals surface area contributed by atoms with Crippen LogP contribution in [0.15, 0.2) is 11.4 Å². The minimum Gasteiger partial charge on any atom is -0.335 e. The Morgan fingerprint density at radius 1 is 1.32 bits per heavy atom. The van der Waals surface area contributed by atoms with E-state index in [1.807, 2.05) is 11.3 Å². The van der Waals surface area contributed by atoms with Crippen LogP contribution in [0.4, 0.5) is 0 Å². The molecule has 4 bridgehead atoms. The fourth-order valence-corrected chi connectivity index (χ4v) is 9.54. The van der Waals surface area contributed by atoms with Crippen molar-refractivity contribution in [1.82, 2.24) is 4.90 Å². The molecule has 136 valence electrons. The number of hydrogen-bond acceptors (Lipinski definition) is 2. The Bertz CT molecular complexity index is 684. The monoisotopic (exact) mass is 421 g/mol. The van der Waals surface area contributed by atoms with Gasteiger partial charge in [0.1, 0.15) is 0 Å². The number of carbonyl (C=O) groups is 1. The first-order valence-corrected chi connectivity index (χ1v) is 11.7. The van der Waals surface area contributed by atoms with Crippen molar-refractivity contribution < 1.29 is 4.79 Å². The molecule has 0 radical (unpaired) electrons. The Balaban J connectivity index is 1.37. The summed E-state index contributed by atoms with van der Waals surface area (Å²) in [5.74, 6) is 2.15. The Morgan fingerprint density at radius 3 is 2.76 bits per heavy atom. The summed E-state index contributed by atoms with van der Waals surface area (Å²) < 4.78 is 0.351. The second-order valence-electron chi connectivity index (χ2n) is 9.35. The van der Waals surface area contributed by atoms with Gasteiger partial charge >= 0.3 is 0 Å². The summed E-state index contributed by atoms with van der Waals surface area (Å²) in [7, 11) is 0. The van der Waals surface area contributed by atoms with Crippen molar-refractivity contribution in [3.8, 4) is 0 Å². The van der Waals surface area contributed by atoms with Crippen LogP contribution in [0.2, 0.25) is 0 Å². The number of halogens is 1. The van der Waals surface area contributed by atoms with Crippen LogP contribution in [0, 0.1) is 17.3 Å². The first-order chi connectivity index (χ1) is 12.0. The van der Waals surface area contributed by atoms with Gasteiger partial charge < -0.3 is 4.90 Å². The van der Waals surface area contributed by atoms with E-state index in [1.165, 1.54) is 49.0 Å². The van der Waals surface area contributed by atoms with Crippen LogP contribution in [0.1, 0.15) is 74.8 Å². The summed E-state index contributed by atoms with van der Waals surface area (Å²) in [6.45, 7) is 3.16. The van der Waals surface area contributed by atoms with Gasteiger partial charge in [0.05, 0.1) is 6.04 Å². The van der Waals surface area contributed by atoms with Crippen LogP contribution in [0.5, 0.6) is 0 Å². The summed E-state index contributed by atoms with van der Waals surface area (Å²) in [6.07, 6.45) is 10.8. The van der Waals surface area contributed by atoms with Crippen LogP contribution >= 0.6 is 27.3 Å². The number of hydrogen-bond donors (Lipinski definition) is 0. The van der Waals surface area contributed by atoms with E-state index < -0.39 is 0 Å². The van der Waals surface area contributed by atoms with Gasteiger partial charge in [-0.2, -0.15) is 0 Å². The highest BCUT2D eigenvalue weighted by Gasteiger charge is 2.57. The Hall–Kier alpha value is -0.350. The van der Waals surface area contributed by atoms with Crippen LogP contribution < -0.4 is 0 Å². The van der Waals surface area contributed by atoms with Gasteiger partial charge in [0.15, 0.2) is 0 Å². The van der Waals surface area contributed by atoms with E-state index in [2.05, 4.69) is 39.2 Å². The Labute approximate surface area is 163 Å². The molecule has 1 aliphatic heterocycles. The minimum absolute atomic E-state index is 0.290. The molecule has 0 unspecified atom stereocenters. The van der Waals surface area contributed by atoms with Crippen LogP contribution in [0.3, 0.4) is 0 Å². The smallest absolute Gasteiger partial charge is 0.223 e. The lowest BCUT2D eigenvalue weighted by Crippen LogP contribution is -2.54. The molecule has 3 atom stereocenters. The van der Waals surface area contributed by atoms with Gasteiger partial charge in [-0.15, -0.1) is 11.3 Å². The van der Waals surface area contributed by atoms with E-state index in [1.54, 1.807) is 0 Å². The second kappa shape index (κ2) is 5.82. The summed E-state index contributed by atoms with van der Waals surface area (Å²) in [5, 5.41) is 2.20. The van der Waals surface area contributed by atoms with Crippen molar-refractivity contribution in [3.05, 3.63) is 21.9 Å². The molecule has 25 heavy (non-hydrogen) atoms. The lowest BCUT2D eigenvalue weighted by molar-refractivity contribution is -0.141. The standard InChI is InChI=1S/C21H28BrNOS/c1-2-17-16-4-6-25-18(16)3-5-23(17)19(24)12-20-8-14-7-15(9-20)11-21(22,10-14)13-20/h4,6,14-15,17H,2-3,5,7-13H2,1H3/t14-,15-,17+,20?,21?/m1/s1. The molecule has 4 fully saturated rings. The number of rotatable bonds is 3. The number of carbonyl (C=O) groups excluding carboxylic acids is 1. The van der Waals surface area contributed by atoms with E-state index in [4.69, 9.17) is 0 Å². The van der Waals surface area contributed by atoms with Gasteiger partial charge in [0.25, 0.3) is 0 Å². The normalized spacial score (nSPS) is 41.8. The molecular weight excluding hydrogens is 394 g/mol. The molecule has 2 heterocycles. The number of nitrogens with zero attached hydrogens (tertiary/aromatic N) is 1. The first kappa shape index (κ1) is 16.8. The molecule has 4 aliphatic carbocycles. The zero-order valence-corrected chi connectivity index (χ0v) is 17.5. The number of alkyl halides is 1. The van der Waals surface area contributed by atoms with E-state index in [-0.39, 0.29) is 5.41 Å². The summed E-state index contributed by atoms with van der Waals surface area (Å²) in [4.78, 5) is 17.1. The van der Waals surface area contributed by atoms with Crippen molar-refractivity contribution in [1.29, 1.82) is 0 Å². The van der Waals surface area contributed by atoms with Crippen molar-refractivity contribution in [2.24, 2.45) is 17.3 Å². The highest BCUT2D eigenvalue weighted by atomic mass is 79.9. The number of amides is 1. The maximum Gasteiger partial charge on any atom is 0.223 e. The third-order valence-corrected chi connectivity index (χ3v) is 9.36. The highest BCUT2D eigenvalue weighted by Crippen LogP contribution is 2.65. The third-order valence-electron chi connectivity index (χ3n) is 7.44. The van der Waals surface area contributed by atoms with Crippen molar-refractivity contribution in [3.63, 3.8) is 0 Å². The molecule has 0 aromatic carbocycles. The molecule has 2 nitrogen and oxygen atoms in total. The molecule has 6 rings (SSSR count). The van der Waals surface area contributed by atoms with Crippen molar-refractivity contribution >= 4 is 33.2 Å². The molecule has 0 saturated heterocycles. The topological polar surface area (TPSA) is 20.3 Å². The fraction of sp³-hybridized carbons (Fsp3) is 0.762. The number of fused-ring (bicyclic) bond motifs is 1. The van der Waals surface area contributed by atoms with Crippen LogP contribution in [0.25, 0.3) is 0 Å². The van der Waals surface area contributed by atoms with Gasteiger partial charge in [0.2, 0.25) is 5.91 Å². The molecule has 0 spiro atoms. The van der Waals surface area contributed by atoms with E-state index in [0.717, 1.165) is 37.6 Å². The second-order valence-corrected chi connectivity index (χ2v) is 12.0. The average Bonchev–Trinajstić information content (AvgIpc) is 2.99. The summed E-state index contributed by atoms with van der Waals surface area (Å²) >= 11 is 5.97. The van der Waals surface area contributed by atoms with Crippen molar-refractivity contribution in [2.45, 2.75) is 75.1 Å². The minimum atomic E-state index is 0.290. The lowest BCUT2D eigenvalue weighted by Gasteiger charge is -2.60. The molecule has 1 amide bonds. The average molecular weight is 422 g/mol. The van der Waals surface area contributed by atoms with E-state index in [9.17, 15) is 4.79 Å². The molecule has 1 aromatic rings. The van der Waals surface area contributed by atoms with Gasteiger partial charge in [-0.25, -0.2) is 0 Å². The number of thiophene rings is 1. The predicted octanol–water partition coefficient (Wildman–Crippen LogP) is 5.71. The van der Waals surface area contributed by atoms with E-state index in [0.29, 0.717) is 16.3 Å². The molecule has 1 aromatic heterocycles. The molecule has 4 saturated carbocycles. The maximum absolute atomic E-state index is 13.4.